The van der Waals surface area contributed by atoms with Gasteiger partial charge in [-0.15, -0.1) is 11.3 Å². The van der Waals surface area contributed by atoms with E-state index < -0.39 is 17.0 Å². The number of thiophene rings is 1. The number of nitrogens with one attached hydrogen (secondary N) is 2. The number of aliphatic hydroxyl groups is 1. The average molecular weight is 377 g/mol. The molecule has 5 nitrogen and oxygen atoms in total. The Balaban J connectivity index is 1.90. The van der Waals surface area contributed by atoms with Crippen LogP contribution in [0.25, 0.3) is 10.4 Å². The van der Waals surface area contributed by atoms with Crippen LogP contribution in [0.3, 0.4) is 0 Å². The molecule has 0 saturated carbocycles. The fourth-order valence-corrected chi connectivity index (χ4v) is 3.62. The lowest BCUT2D eigenvalue weighted by Gasteiger charge is -2.39. The van der Waals surface area contributed by atoms with E-state index in [-0.39, 0.29) is 0 Å². The van der Waals surface area contributed by atoms with Gasteiger partial charge >= 0.3 is 0 Å². The molecule has 0 aliphatic rings. The molecule has 1 aromatic carbocycles. The van der Waals surface area contributed by atoms with E-state index in [9.17, 15) is 9.90 Å². The largest absolute Gasteiger partial charge is 0.388 e. The minimum absolute atomic E-state index is 0.541. The zero-order valence-corrected chi connectivity index (χ0v) is 16.6. The lowest BCUT2D eigenvalue weighted by Crippen LogP contribution is -2.66. The van der Waals surface area contributed by atoms with Crippen molar-refractivity contribution in [3.05, 3.63) is 46.8 Å². The molecule has 0 aliphatic carbocycles. The minimum Gasteiger partial charge on any atom is -0.388 e. The van der Waals surface area contributed by atoms with E-state index in [0.29, 0.717) is 6.54 Å². The first-order chi connectivity index (χ1) is 12.2. The summed E-state index contributed by atoms with van der Waals surface area (Å²) < 4.78 is 0. The van der Waals surface area contributed by atoms with Crippen molar-refractivity contribution in [3.63, 3.8) is 0 Å². The van der Waals surface area contributed by atoms with Gasteiger partial charge in [-0.05, 0) is 70.3 Å². The van der Waals surface area contributed by atoms with Crippen LogP contribution in [0.1, 0.15) is 37.6 Å². The summed E-state index contributed by atoms with van der Waals surface area (Å²) in [6.45, 7) is 7.31. The number of aryl methyl sites for hydroxylation is 2. The van der Waals surface area contributed by atoms with Crippen molar-refractivity contribution in [2.75, 3.05) is 6.54 Å². The summed E-state index contributed by atoms with van der Waals surface area (Å²) in [5.74, 6) is -0.652. The number of carbonyl (C=O) groups is 1. The fraction of sp³-hybridized carbons (Fsp3) is 0.450. The van der Waals surface area contributed by atoms with E-state index >= 15 is 0 Å². The molecule has 0 radical (unpaired) electrons. The van der Waals surface area contributed by atoms with Crippen LogP contribution in [-0.2, 0) is 11.2 Å². The van der Waals surface area contributed by atoms with Crippen LogP contribution in [-0.4, -0.2) is 33.9 Å². The number of rotatable bonds is 8. The SMILES string of the molecule is Cc1ccc(-c2ccc(CCCNC(C)(C(=O)NO)C(C)(C)O)cc2)s1. The zero-order valence-electron chi connectivity index (χ0n) is 15.8. The standard InChI is InChI=1S/C20H28N2O3S/c1-14-7-12-17(26-14)16-10-8-15(9-11-16)6-5-13-21-20(4,18(23)22-25)19(2,3)24/h7-12,21,24-25H,5-6,13H2,1-4H3,(H,22,23). The van der Waals surface area contributed by atoms with Gasteiger partial charge in [0.25, 0.3) is 5.91 Å². The third kappa shape index (κ3) is 4.71. The lowest BCUT2D eigenvalue weighted by molar-refractivity contribution is -0.145. The normalized spacial score (nSPS) is 14.1. The molecule has 4 N–H and O–H groups in total. The van der Waals surface area contributed by atoms with Gasteiger partial charge in [0.1, 0.15) is 5.54 Å². The average Bonchev–Trinajstić information content (AvgIpc) is 3.03. The van der Waals surface area contributed by atoms with Crippen LogP contribution in [0.15, 0.2) is 36.4 Å². The molecule has 6 heteroatoms. The Kier molecular flexibility index (Phi) is 6.58. The van der Waals surface area contributed by atoms with Crippen molar-refractivity contribution in [2.45, 2.75) is 51.7 Å². The molecule has 1 unspecified atom stereocenters. The number of amides is 1. The smallest absolute Gasteiger partial charge is 0.266 e. The Hall–Kier alpha value is -1.73. The van der Waals surface area contributed by atoms with Gasteiger partial charge in [-0.25, -0.2) is 5.48 Å². The quantitative estimate of drug-likeness (QED) is 0.324. The highest BCUT2D eigenvalue weighted by Crippen LogP contribution is 2.28. The molecule has 1 heterocycles. The second-order valence-corrected chi connectivity index (χ2v) is 8.55. The van der Waals surface area contributed by atoms with Crippen molar-refractivity contribution in [1.29, 1.82) is 0 Å². The summed E-state index contributed by atoms with van der Waals surface area (Å²) in [5.41, 5.74) is 1.48. The molecule has 2 aromatic rings. The van der Waals surface area contributed by atoms with Crippen LogP contribution in [0, 0.1) is 6.92 Å². The molecule has 142 valence electrons. The second kappa shape index (κ2) is 8.31. The first-order valence-corrected chi connectivity index (χ1v) is 9.57. The molecular formula is C20H28N2O3S. The van der Waals surface area contributed by atoms with Crippen LogP contribution in [0.4, 0.5) is 0 Å². The molecule has 0 saturated heterocycles. The van der Waals surface area contributed by atoms with E-state index in [0.717, 1.165) is 12.8 Å². The number of hydrogen-bond donors (Lipinski definition) is 4. The van der Waals surface area contributed by atoms with Gasteiger partial charge in [-0.3, -0.25) is 10.0 Å². The summed E-state index contributed by atoms with van der Waals surface area (Å²) in [6.07, 6.45) is 1.67. The summed E-state index contributed by atoms with van der Waals surface area (Å²) in [4.78, 5) is 14.5. The minimum atomic E-state index is -1.32. The van der Waals surface area contributed by atoms with Gasteiger partial charge in [0.2, 0.25) is 0 Å². The Morgan fingerprint density at radius 2 is 1.77 bits per heavy atom. The molecule has 2 rings (SSSR count). The number of hydrogen-bond acceptors (Lipinski definition) is 5. The van der Waals surface area contributed by atoms with Gasteiger partial charge in [-0.2, -0.15) is 0 Å². The highest BCUT2D eigenvalue weighted by Gasteiger charge is 2.45. The van der Waals surface area contributed by atoms with E-state index in [1.807, 2.05) is 0 Å². The maximum absolute atomic E-state index is 11.9. The molecule has 0 fully saturated rings. The molecule has 26 heavy (non-hydrogen) atoms. The highest BCUT2D eigenvalue weighted by atomic mass is 32.1. The maximum atomic E-state index is 11.9. The molecule has 1 aromatic heterocycles. The van der Waals surface area contributed by atoms with Crippen molar-refractivity contribution in [2.24, 2.45) is 0 Å². The molecular weight excluding hydrogens is 348 g/mol. The summed E-state index contributed by atoms with van der Waals surface area (Å²) in [7, 11) is 0. The van der Waals surface area contributed by atoms with E-state index in [1.165, 1.54) is 20.9 Å². The molecule has 0 spiro atoms. The maximum Gasteiger partial charge on any atom is 0.266 e. The number of benzene rings is 1. The van der Waals surface area contributed by atoms with Gasteiger partial charge in [-0.1, -0.05) is 24.3 Å². The monoisotopic (exact) mass is 376 g/mol. The Morgan fingerprint density at radius 1 is 1.12 bits per heavy atom. The second-order valence-electron chi connectivity index (χ2n) is 7.26. The Bertz CT molecular complexity index is 734. The van der Waals surface area contributed by atoms with Crippen molar-refractivity contribution in [3.8, 4) is 10.4 Å². The van der Waals surface area contributed by atoms with Gasteiger partial charge in [0.15, 0.2) is 0 Å². The molecule has 1 amide bonds. The fourth-order valence-electron chi connectivity index (χ4n) is 2.74. The van der Waals surface area contributed by atoms with Crippen LogP contribution in [0.2, 0.25) is 0 Å². The number of carbonyl (C=O) groups excluding carboxylic acids is 1. The van der Waals surface area contributed by atoms with E-state index in [1.54, 1.807) is 37.6 Å². The molecule has 0 aliphatic heterocycles. The van der Waals surface area contributed by atoms with Gasteiger partial charge < -0.3 is 10.4 Å². The third-order valence-electron chi connectivity index (χ3n) is 4.88. The third-order valence-corrected chi connectivity index (χ3v) is 5.93. The summed E-state index contributed by atoms with van der Waals surface area (Å²) >= 11 is 1.79. The van der Waals surface area contributed by atoms with E-state index in [4.69, 9.17) is 5.21 Å². The summed E-state index contributed by atoms with van der Waals surface area (Å²) in [6, 6.07) is 12.8. The van der Waals surface area contributed by atoms with Crippen LogP contribution < -0.4 is 10.8 Å². The Morgan fingerprint density at radius 3 is 2.27 bits per heavy atom. The van der Waals surface area contributed by atoms with Crippen molar-refractivity contribution >= 4 is 17.2 Å². The predicted molar refractivity (Wildman–Crippen MR) is 105 cm³/mol. The molecule has 0 bridgehead atoms. The Labute approximate surface area is 159 Å². The first-order valence-electron chi connectivity index (χ1n) is 8.75. The van der Waals surface area contributed by atoms with Gasteiger partial charge in [0, 0.05) is 9.75 Å². The first kappa shape index (κ1) is 20.6. The van der Waals surface area contributed by atoms with Crippen molar-refractivity contribution < 1.29 is 15.1 Å². The highest BCUT2D eigenvalue weighted by molar-refractivity contribution is 7.15. The van der Waals surface area contributed by atoms with E-state index in [2.05, 4.69) is 48.6 Å². The summed E-state index contributed by atoms with van der Waals surface area (Å²) in [5, 5.41) is 22.3. The number of hydroxylamine groups is 1. The van der Waals surface area contributed by atoms with Crippen LogP contribution >= 0.6 is 11.3 Å². The van der Waals surface area contributed by atoms with Gasteiger partial charge in [0.05, 0.1) is 5.60 Å². The van der Waals surface area contributed by atoms with Crippen molar-refractivity contribution in [1.82, 2.24) is 10.8 Å². The van der Waals surface area contributed by atoms with Crippen LogP contribution in [0.5, 0.6) is 0 Å². The predicted octanol–water partition coefficient (Wildman–Crippen LogP) is 3.28. The topological polar surface area (TPSA) is 81.6 Å². The lowest BCUT2D eigenvalue weighted by atomic mass is 9.83. The molecule has 1 atom stereocenters. The zero-order chi connectivity index (χ0) is 19.4.